The van der Waals surface area contributed by atoms with Gasteiger partial charge in [-0.3, -0.25) is 0 Å². The highest BCUT2D eigenvalue weighted by Crippen LogP contribution is 2.30. The zero-order valence-corrected chi connectivity index (χ0v) is 11.3. The molecule has 0 bridgehead atoms. The molecule has 0 atom stereocenters. The predicted octanol–water partition coefficient (Wildman–Crippen LogP) is 3.94. The molecule has 16 heavy (non-hydrogen) atoms. The van der Waals surface area contributed by atoms with Crippen molar-refractivity contribution in [2.24, 2.45) is 0 Å². The highest BCUT2D eigenvalue weighted by atomic mass is 79.9. The standard InChI is InChI=1S/C11H11BrClN3/c1-7(2)16-6-14-15-11(16)9-5-8(12)3-4-10(9)13/h3-7H,1-2H3. The van der Waals surface area contributed by atoms with Crippen molar-refractivity contribution in [1.29, 1.82) is 0 Å². The molecule has 0 saturated heterocycles. The van der Waals surface area contributed by atoms with E-state index in [1.165, 1.54) is 0 Å². The van der Waals surface area contributed by atoms with Gasteiger partial charge in [0.2, 0.25) is 0 Å². The van der Waals surface area contributed by atoms with Crippen LogP contribution in [0.15, 0.2) is 29.0 Å². The van der Waals surface area contributed by atoms with Crippen molar-refractivity contribution in [1.82, 2.24) is 14.8 Å². The van der Waals surface area contributed by atoms with E-state index in [1.54, 1.807) is 6.33 Å². The van der Waals surface area contributed by atoms with Crippen LogP contribution < -0.4 is 0 Å². The Morgan fingerprint density at radius 2 is 2.12 bits per heavy atom. The van der Waals surface area contributed by atoms with E-state index in [2.05, 4.69) is 40.0 Å². The summed E-state index contributed by atoms with van der Waals surface area (Å²) in [5.74, 6) is 0.793. The minimum Gasteiger partial charge on any atom is -0.311 e. The number of hydrogen-bond donors (Lipinski definition) is 0. The van der Waals surface area contributed by atoms with Crippen molar-refractivity contribution < 1.29 is 0 Å². The summed E-state index contributed by atoms with van der Waals surface area (Å²) in [6.45, 7) is 4.16. The SMILES string of the molecule is CC(C)n1cnnc1-c1cc(Br)ccc1Cl. The van der Waals surface area contributed by atoms with Crippen LogP contribution in [0.2, 0.25) is 5.02 Å². The van der Waals surface area contributed by atoms with Gasteiger partial charge in [-0.1, -0.05) is 27.5 Å². The first-order chi connectivity index (χ1) is 7.59. The lowest BCUT2D eigenvalue weighted by atomic mass is 10.2. The van der Waals surface area contributed by atoms with Crippen LogP contribution in [0.3, 0.4) is 0 Å². The van der Waals surface area contributed by atoms with Crippen molar-refractivity contribution >= 4 is 27.5 Å². The number of benzene rings is 1. The molecule has 2 aromatic rings. The molecule has 0 unspecified atom stereocenters. The molecule has 0 amide bonds. The first kappa shape index (κ1) is 11.6. The van der Waals surface area contributed by atoms with E-state index in [4.69, 9.17) is 11.6 Å². The normalized spacial score (nSPS) is 11.1. The Balaban J connectivity index is 2.58. The summed E-state index contributed by atoms with van der Waals surface area (Å²) in [6.07, 6.45) is 1.72. The van der Waals surface area contributed by atoms with Gasteiger partial charge in [-0.15, -0.1) is 10.2 Å². The monoisotopic (exact) mass is 299 g/mol. The van der Waals surface area contributed by atoms with Crippen LogP contribution in [0.4, 0.5) is 0 Å². The molecule has 0 saturated carbocycles. The van der Waals surface area contributed by atoms with Crippen molar-refractivity contribution in [3.8, 4) is 11.4 Å². The van der Waals surface area contributed by atoms with Gasteiger partial charge in [0.25, 0.3) is 0 Å². The van der Waals surface area contributed by atoms with E-state index in [0.717, 1.165) is 15.9 Å². The molecule has 1 aromatic heterocycles. The Morgan fingerprint density at radius 1 is 1.38 bits per heavy atom. The Morgan fingerprint density at radius 3 is 2.81 bits per heavy atom. The zero-order chi connectivity index (χ0) is 11.7. The van der Waals surface area contributed by atoms with E-state index in [9.17, 15) is 0 Å². The van der Waals surface area contributed by atoms with E-state index < -0.39 is 0 Å². The van der Waals surface area contributed by atoms with Gasteiger partial charge in [0.15, 0.2) is 5.82 Å². The molecule has 0 N–H and O–H groups in total. The second-order valence-electron chi connectivity index (χ2n) is 3.78. The molecule has 5 heteroatoms. The molecule has 1 aromatic carbocycles. The van der Waals surface area contributed by atoms with Gasteiger partial charge in [0, 0.05) is 16.1 Å². The van der Waals surface area contributed by atoms with Gasteiger partial charge in [-0.25, -0.2) is 0 Å². The van der Waals surface area contributed by atoms with Crippen LogP contribution in [-0.4, -0.2) is 14.8 Å². The van der Waals surface area contributed by atoms with Crippen molar-refractivity contribution in [3.63, 3.8) is 0 Å². The molecular formula is C11H11BrClN3. The maximum atomic E-state index is 6.16. The average Bonchev–Trinajstić information content (AvgIpc) is 2.70. The van der Waals surface area contributed by atoms with E-state index in [-0.39, 0.29) is 0 Å². The maximum absolute atomic E-state index is 6.16. The van der Waals surface area contributed by atoms with Crippen LogP contribution in [0.1, 0.15) is 19.9 Å². The molecule has 0 radical (unpaired) electrons. The number of halogens is 2. The van der Waals surface area contributed by atoms with Crippen LogP contribution in [-0.2, 0) is 0 Å². The van der Waals surface area contributed by atoms with Crippen LogP contribution in [0.5, 0.6) is 0 Å². The lowest BCUT2D eigenvalue weighted by Crippen LogP contribution is -2.02. The molecule has 0 aliphatic rings. The largest absolute Gasteiger partial charge is 0.311 e. The Bertz CT molecular complexity index is 508. The topological polar surface area (TPSA) is 30.7 Å². The first-order valence-corrected chi connectivity index (χ1v) is 6.11. The van der Waals surface area contributed by atoms with Crippen LogP contribution in [0, 0.1) is 0 Å². The molecule has 0 fully saturated rings. The number of hydrogen-bond acceptors (Lipinski definition) is 2. The fraction of sp³-hybridized carbons (Fsp3) is 0.273. The lowest BCUT2D eigenvalue weighted by Gasteiger charge is -2.11. The van der Waals surface area contributed by atoms with Gasteiger partial charge < -0.3 is 4.57 Å². The molecule has 2 rings (SSSR count). The van der Waals surface area contributed by atoms with Gasteiger partial charge in [-0.2, -0.15) is 0 Å². The van der Waals surface area contributed by atoms with Gasteiger partial charge in [0.05, 0.1) is 5.02 Å². The summed E-state index contributed by atoms with van der Waals surface area (Å²) in [5.41, 5.74) is 0.891. The smallest absolute Gasteiger partial charge is 0.165 e. The minimum atomic E-state index is 0.306. The average molecular weight is 301 g/mol. The van der Waals surface area contributed by atoms with Gasteiger partial charge in [-0.05, 0) is 32.0 Å². The zero-order valence-electron chi connectivity index (χ0n) is 8.98. The fourth-order valence-corrected chi connectivity index (χ4v) is 2.05. The molecule has 84 valence electrons. The van der Waals surface area contributed by atoms with Crippen LogP contribution >= 0.6 is 27.5 Å². The molecule has 0 aliphatic carbocycles. The summed E-state index contributed by atoms with van der Waals surface area (Å²) in [7, 11) is 0. The predicted molar refractivity (Wildman–Crippen MR) is 68.6 cm³/mol. The minimum absolute atomic E-state index is 0.306. The van der Waals surface area contributed by atoms with Crippen LogP contribution in [0.25, 0.3) is 11.4 Å². The van der Waals surface area contributed by atoms with Crippen molar-refractivity contribution in [2.75, 3.05) is 0 Å². The third-order valence-electron chi connectivity index (χ3n) is 2.30. The highest BCUT2D eigenvalue weighted by molar-refractivity contribution is 9.10. The summed E-state index contributed by atoms with van der Waals surface area (Å²) in [6, 6.07) is 6.01. The summed E-state index contributed by atoms with van der Waals surface area (Å²) in [4.78, 5) is 0. The lowest BCUT2D eigenvalue weighted by molar-refractivity contribution is 0.604. The van der Waals surface area contributed by atoms with Crippen molar-refractivity contribution in [2.45, 2.75) is 19.9 Å². The molecule has 3 nitrogen and oxygen atoms in total. The van der Waals surface area contributed by atoms with E-state index >= 15 is 0 Å². The Hall–Kier alpha value is -0.870. The van der Waals surface area contributed by atoms with Gasteiger partial charge in [0.1, 0.15) is 6.33 Å². The Kier molecular flexibility index (Phi) is 3.30. The quantitative estimate of drug-likeness (QED) is 0.841. The second kappa shape index (κ2) is 4.55. The molecule has 0 aliphatic heterocycles. The fourth-order valence-electron chi connectivity index (χ4n) is 1.48. The highest BCUT2D eigenvalue weighted by Gasteiger charge is 2.13. The van der Waals surface area contributed by atoms with Gasteiger partial charge >= 0.3 is 0 Å². The third kappa shape index (κ3) is 2.13. The summed E-state index contributed by atoms with van der Waals surface area (Å²) < 4.78 is 2.97. The Labute approximate surface area is 108 Å². The van der Waals surface area contributed by atoms with E-state index in [1.807, 2.05) is 22.8 Å². The number of rotatable bonds is 2. The molecule has 0 spiro atoms. The van der Waals surface area contributed by atoms with E-state index in [0.29, 0.717) is 11.1 Å². The number of aromatic nitrogens is 3. The first-order valence-electron chi connectivity index (χ1n) is 4.94. The third-order valence-corrected chi connectivity index (χ3v) is 3.12. The molecular weight excluding hydrogens is 289 g/mol. The van der Waals surface area contributed by atoms with Crippen molar-refractivity contribution in [3.05, 3.63) is 34.0 Å². The number of nitrogens with zero attached hydrogens (tertiary/aromatic N) is 3. The second-order valence-corrected chi connectivity index (χ2v) is 5.10. The maximum Gasteiger partial charge on any atom is 0.165 e. The molecule has 1 heterocycles. The summed E-state index contributed by atoms with van der Waals surface area (Å²) in [5, 5.41) is 8.73. The summed E-state index contributed by atoms with van der Waals surface area (Å²) >= 11 is 9.59.